The molecule has 4 rings (SSSR count). The molecule has 10 nitrogen and oxygen atoms in total. The van der Waals surface area contributed by atoms with Crippen molar-refractivity contribution < 1.29 is 37.5 Å². The Kier molecular flexibility index (Phi) is 8.99. The van der Waals surface area contributed by atoms with E-state index in [0.717, 1.165) is 39.2 Å². The summed E-state index contributed by atoms with van der Waals surface area (Å²) in [5, 5.41) is 15.7. The van der Waals surface area contributed by atoms with E-state index in [1.54, 1.807) is 6.08 Å². The molecule has 1 saturated heterocycles. The van der Waals surface area contributed by atoms with Gasteiger partial charge in [0.15, 0.2) is 0 Å². The van der Waals surface area contributed by atoms with E-state index >= 15 is 0 Å². The Morgan fingerprint density at radius 3 is 2.55 bits per heavy atom. The highest BCUT2D eigenvalue weighted by Gasteiger charge is 2.38. The number of carbonyl (C=O) groups excluding carboxylic acids is 3. The van der Waals surface area contributed by atoms with Gasteiger partial charge in [-0.15, -0.1) is 0 Å². The number of aromatic nitrogens is 1. The average molecular weight is 600 g/mol. The van der Waals surface area contributed by atoms with Gasteiger partial charge in [0.25, 0.3) is 11.8 Å². The summed E-state index contributed by atoms with van der Waals surface area (Å²) < 4.78 is 32.6. The molecular formula is C24H25BrF3N5O5. The second-order valence-corrected chi connectivity index (χ2v) is 9.47. The van der Waals surface area contributed by atoms with Crippen LogP contribution in [0.3, 0.4) is 0 Å². The molecule has 0 spiro atoms. The lowest BCUT2D eigenvalue weighted by Gasteiger charge is -2.26. The van der Waals surface area contributed by atoms with Crippen molar-refractivity contribution in [2.24, 2.45) is 0 Å². The van der Waals surface area contributed by atoms with E-state index in [4.69, 9.17) is 9.90 Å². The molecule has 3 amide bonds. The molecule has 1 aromatic carbocycles. The zero-order valence-corrected chi connectivity index (χ0v) is 22.0. The number of aromatic amines is 1. The number of H-pyrrole nitrogens is 1. The first-order chi connectivity index (χ1) is 17.8. The lowest BCUT2D eigenvalue weighted by atomic mass is 10.0. The molecule has 3 heterocycles. The van der Waals surface area contributed by atoms with Crippen LogP contribution >= 0.6 is 15.9 Å². The minimum absolute atomic E-state index is 0.0112. The lowest BCUT2D eigenvalue weighted by Crippen LogP contribution is -2.49. The van der Waals surface area contributed by atoms with Crippen molar-refractivity contribution in [1.82, 2.24) is 20.5 Å². The molecule has 0 bridgehead atoms. The number of carbonyl (C=O) groups is 4. The summed E-state index contributed by atoms with van der Waals surface area (Å²) in [7, 11) is 0. The summed E-state index contributed by atoms with van der Waals surface area (Å²) in [5.74, 6) is -3.09. The second-order valence-electron chi connectivity index (χ2n) is 8.55. The van der Waals surface area contributed by atoms with Crippen LogP contribution in [0, 0.1) is 13.8 Å². The number of rotatable bonds is 5. The standard InChI is InChI=1S/C22H24BrN5O3.C2HF3O2/c1-12-18(10-16-15-9-14(23)3-4-17(15)27-21(16)30)26-13(2)20(12)22(31)25-6-8-28-7-5-24-19(29)11-28;3-2(4,5)1(6)7/h3-4,9-10,26H,5-8,11H2,1-2H3,(H,24,29)(H,25,31)(H,27,30);(H,6,7)/b16-10-;. The maximum atomic E-state index is 12.8. The molecule has 1 aromatic heterocycles. The molecule has 1 fully saturated rings. The normalized spacial score (nSPS) is 16.3. The third-order valence-electron chi connectivity index (χ3n) is 5.83. The SMILES string of the molecule is Cc1[nH]c(/C=C2\C(=O)Nc3ccc(Br)cc32)c(C)c1C(=O)NCCN1CCNC(=O)C1.O=C(O)C(F)(F)F. The molecule has 38 heavy (non-hydrogen) atoms. The zero-order chi connectivity index (χ0) is 28.2. The number of halogens is 4. The van der Waals surface area contributed by atoms with Crippen LogP contribution in [0.2, 0.25) is 0 Å². The van der Waals surface area contributed by atoms with Gasteiger partial charge in [-0.25, -0.2) is 4.79 Å². The number of carboxylic acids is 1. The number of benzene rings is 1. The predicted octanol–water partition coefficient (Wildman–Crippen LogP) is 2.68. The zero-order valence-electron chi connectivity index (χ0n) is 20.4. The highest BCUT2D eigenvalue weighted by Crippen LogP contribution is 2.35. The molecule has 14 heteroatoms. The van der Waals surface area contributed by atoms with Gasteiger partial charge in [0.2, 0.25) is 5.91 Å². The maximum Gasteiger partial charge on any atom is 0.490 e. The van der Waals surface area contributed by atoms with Crippen LogP contribution in [0.1, 0.15) is 32.9 Å². The van der Waals surface area contributed by atoms with E-state index in [1.165, 1.54) is 0 Å². The Hall–Kier alpha value is -3.65. The van der Waals surface area contributed by atoms with Crippen molar-refractivity contribution >= 4 is 57.0 Å². The summed E-state index contributed by atoms with van der Waals surface area (Å²) in [4.78, 5) is 50.9. The topological polar surface area (TPSA) is 144 Å². The average Bonchev–Trinajstić information content (AvgIpc) is 3.28. The number of fused-ring (bicyclic) bond motifs is 1. The van der Waals surface area contributed by atoms with E-state index in [2.05, 4.69) is 36.9 Å². The summed E-state index contributed by atoms with van der Waals surface area (Å²) in [6, 6.07) is 5.64. The molecule has 2 aromatic rings. The second kappa shape index (κ2) is 11.8. The van der Waals surface area contributed by atoms with Gasteiger partial charge < -0.3 is 26.0 Å². The molecule has 0 unspecified atom stereocenters. The number of nitrogens with one attached hydrogen (secondary N) is 4. The van der Waals surface area contributed by atoms with Crippen molar-refractivity contribution in [1.29, 1.82) is 0 Å². The molecule has 204 valence electrons. The molecule has 0 saturated carbocycles. The van der Waals surface area contributed by atoms with E-state index in [0.29, 0.717) is 37.3 Å². The van der Waals surface area contributed by atoms with Gasteiger partial charge in [0.1, 0.15) is 0 Å². The number of alkyl halides is 3. The number of piperazine rings is 1. The Balaban J connectivity index is 0.000000505. The van der Waals surface area contributed by atoms with Crippen molar-refractivity contribution in [2.45, 2.75) is 20.0 Å². The maximum absolute atomic E-state index is 12.8. The fourth-order valence-corrected chi connectivity index (χ4v) is 4.37. The first-order valence-electron chi connectivity index (χ1n) is 11.4. The first-order valence-corrected chi connectivity index (χ1v) is 12.2. The summed E-state index contributed by atoms with van der Waals surface area (Å²) in [6.45, 7) is 6.55. The first kappa shape index (κ1) is 28.9. The van der Waals surface area contributed by atoms with E-state index in [9.17, 15) is 27.6 Å². The third kappa shape index (κ3) is 7.01. The smallest absolute Gasteiger partial charge is 0.475 e. The summed E-state index contributed by atoms with van der Waals surface area (Å²) in [5.41, 5.74) is 4.98. The summed E-state index contributed by atoms with van der Waals surface area (Å²) in [6.07, 6.45) is -3.29. The molecule has 5 N–H and O–H groups in total. The van der Waals surface area contributed by atoms with Crippen LogP contribution in [-0.2, 0) is 14.4 Å². The van der Waals surface area contributed by atoms with E-state index in [1.807, 2.05) is 36.9 Å². The highest BCUT2D eigenvalue weighted by atomic mass is 79.9. The number of anilines is 1. The van der Waals surface area contributed by atoms with Crippen molar-refractivity contribution in [2.75, 3.05) is 38.0 Å². The minimum atomic E-state index is -5.08. The van der Waals surface area contributed by atoms with Crippen LogP contribution in [0.25, 0.3) is 11.6 Å². The van der Waals surface area contributed by atoms with E-state index in [-0.39, 0.29) is 17.7 Å². The Bertz CT molecular complexity index is 1310. The van der Waals surface area contributed by atoms with Crippen LogP contribution < -0.4 is 16.0 Å². The number of hydrogen-bond acceptors (Lipinski definition) is 5. The molecular weight excluding hydrogens is 575 g/mol. The Morgan fingerprint density at radius 1 is 1.24 bits per heavy atom. The molecule has 0 atom stereocenters. The number of aliphatic carboxylic acids is 1. The van der Waals surface area contributed by atoms with Gasteiger partial charge in [-0.05, 0) is 43.7 Å². The number of hydrogen-bond donors (Lipinski definition) is 5. The van der Waals surface area contributed by atoms with Gasteiger partial charge in [-0.2, -0.15) is 13.2 Å². The predicted molar refractivity (Wildman–Crippen MR) is 136 cm³/mol. The molecule has 2 aliphatic rings. The van der Waals surface area contributed by atoms with Gasteiger partial charge >= 0.3 is 12.1 Å². The van der Waals surface area contributed by atoms with Crippen molar-refractivity contribution in [3.8, 4) is 0 Å². The third-order valence-corrected chi connectivity index (χ3v) is 6.32. The number of aryl methyl sites for hydroxylation is 1. The molecule has 0 radical (unpaired) electrons. The Morgan fingerprint density at radius 2 is 1.92 bits per heavy atom. The molecule has 0 aliphatic carbocycles. The van der Waals surface area contributed by atoms with Crippen LogP contribution in [0.5, 0.6) is 0 Å². The van der Waals surface area contributed by atoms with Crippen LogP contribution in [0.15, 0.2) is 22.7 Å². The summed E-state index contributed by atoms with van der Waals surface area (Å²) >= 11 is 3.45. The van der Waals surface area contributed by atoms with Gasteiger partial charge in [0.05, 0.1) is 17.7 Å². The number of carboxylic acid groups (broad SMARTS) is 1. The minimum Gasteiger partial charge on any atom is -0.475 e. The van der Waals surface area contributed by atoms with Gasteiger partial charge in [0, 0.05) is 53.3 Å². The van der Waals surface area contributed by atoms with Crippen LogP contribution in [-0.4, -0.2) is 77.6 Å². The quantitative estimate of drug-likeness (QED) is 0.334. The van der Waals surface area contributed by atoms with Gasteiger partial charge in [-0.1, -0.05) is 15.9 Å². The van der Waals surface area contributed by atoms with Crippen molar-refractivity contribution in [3.05, 3.63) is 50.8 Å². The fourth-order valence-electron chi connectivity index (χ4n) is 4.01. The van der Waals surface area contributed by atoms with Gasteiger partial charge in [-0.3, -0.25) is 19.3 Å². The molecule has 2 aliphatic heterocycles. The Labute approximate surface area is 223 Å². The largest absolute Gasteiger partial charge is 0.490 e. The number of nitrogens with zero attached hydrogens (tertiary/aromatic N) is 1. The monoisotopic (exact) mass is 599 g/mol. The van der Waals surface area contributed by atoms with E-state index < -0.39 is 12.1 Å². The fraction of sp³-hybridized carbons (Fsp3) is 0.333. The van der Waals surface area contributed by atoms with Crippen molar-refractivity contribution in [3.63, 3.8) is 0 Å². The van der Waals surface area contributed by atoms with Crippen LogP contribution in [0.4, 0.5) is 18.9 Å². The lowest BCUT2D eigenvalue weighted by molar-refractivity contribution is -0.192. The number of amides is 3. The highest BCUT2D eigenvalue weighted by molar-refractivity contribution is 9.10.